The van der Waals surface area contributed by atoms with Crippen molar-refractivity contribution in [2.24, 2.45) is 5.92 Å². The van der Waals surface area contributed by atoms with Crippen LogP contribution in [0.15, 0.2) is 6.07 Å². The Bertz CT molecular complexity index is 650. The van der Waals surface area contributed by atoms with Crippen LogP contribution < -0.4 is 4.90 Å². The van der Waals surface area contributed by atoms with Crippen molar-refractivity contribution in [1.82, 2.24) is 19.6 Å². The van der Waals surface area contributed by atoms with Gasteiger partial charge in [-0.2, -0.15) is 22.7 Å². The van der Waals surface area contributed by atoms with E-state index in [-0.39, 0.29) is 5.78 Å². The Hall–Kier alpha value is -1.86. The first-order valence-electron chi connectivity index (χ1n) is 7.32. The van der Waals surface area contributed by atoms with Crippen LogP contribution in [0, 0.1) is 12.8 Å². The van der Waals surface area contributed by atoms with Gasteiger partial charge in [-0.25, -0.2) is 4.98 Å². The smallest absolute Gasteiger partial charge is 0.356 e. The van der Waals surface area contributed by atoms with Gasteiger partial charge in [0.05, 0.1) is 0 Å². The molecule has 0 bridgehead atoms. The minimum atomic E-state index is -4.58. The molecule has 2 aromatic rings. The summed E-state index contributed by atoms with van der Waals surface area (Å²) in [5, 5.41) is 3.60. The van der Waals surface area contributed by atoms with Gasteiger partial charge in [0, 0.05) is 24.8 Å². The summed E-state index contributed by atoms with van der Waals surface area (Å²) in [7, 11) is 0. The van der Waals surface area contributed by atoms with E-state index in [4.69, 9.17) is 0 Å². The average Bonchev–Trinajstić information content (AvgIpc) is 2.87. The molecule has 0 amide bonds. The predicted octanol–water partition coefficient (Wildman–Crippen LogP) is 3.32. The standard InChI is InChI=1S/C14H20F3N5/c1-5-9(3)8-21(6-2)11-7-10(4)18-13-19-12(14(15,16)17)20-22(11)13/h7,9H,5-6,8H2,1-4H3. The van der Waals surface area contributed by atoms with Crippen LogP contribution in [0.2, 0.25) is 0 Å². The van der Waals surface area contributed by atoms with Gasteiger partial charge >= 0.3 is 6.18 Å². The minimum absolute atomic E-state index is 0.0232. The fourth-order valence-corrected chi connectivity index (χ4v) is 2.20. The maximum Gasteiger partial charge on any atom is 0.453 e. The van der Waals surface area contributed by atoms with E-state index in [9.17, 15) is 13.2 Å². The van der Waals surface area contributed by atoms with Crippen LogP contribution in [-0.4, -0.2) is 32.7 Å². The molecular weight excluding hydrogens is 295 g/mol. The molecular formula is C14H20F3N5. The summed E-state index contributed by atoms with van der Waals surface area (Å²) in [6, 6.07) is 1.74. The Morgan fingerprint density at radius 3 is 2.50 bits per heavy atom. The lowest BCUT2D eigenvalue weighted by Gasteiger charge is -2.26. The SMILES string of the molecule is CCC(C)CN(CC)c1cc(C)nc2nc(C(F)(F)F)nn12. The second-order valence-corrected chi connectivity index (χ2v) is 5.45. The highest BCUT2D eigenvalue weighted by Gasteiger charge is 2.37. The fourth-order valence-electron chi connectivity index (χ4n) is 2.20. The first kappa shape index (κ1) is 16.5. The predicted molar refractivity (Wildman–Crippen MR) is 77.9 cm³/mol. The van der Waals surface area contributed by atoms with E-state index in [0.29, 0.717) is 24.0 Å². The highest BCUT2D eigenvalue weighted by Crippen LogP contribution is 2.28. The monoisotopic (exact) mass is 315 g/mol. The van der Waals surface area contributed by atoms with Crippen molar-refractivity contribution in [3.8, 4) is 0 Å². The molecule has 0 N–H and O–H groups in total. The van der Waals surface area contributed by atoms with E-state index >= 15 is 0 Å². The molecule has 0 aliphatic heterocycles. The van der Waals surface area contributed by atoms with Gasteiger partial charge < -0.3 is 4.90 Å². The second kappa shape index (κ2) is 6.10. The number of aryl methyl sites for hydroxylation is 1. The van der Waals surface area contributed by atoms with Gasteiger partial charge in [-0.1, -0.05) is 20.3 Å². The van der Waals surface area contributed by atoms with E-state index in [2.05, 4.69) is 28.9 Å². The molecule has 0 aliphatic rings. The van der Waals surface area contributed by atoms with Gasteiger partial charge in [-0.15, -0.1) is 5.10 Å². The molecule has 0 saturated heterocycles. The van der Waals surface area contributed by atoms with Gasteiger partial charge in [0.25, 0.3) is 11.6 Å². The fraction of sp³-hybridized carbons (Fsp3) is 0.643. The van der Waals surface area contributed by atoms with Crippen LogP contribution in [0.4, 0.5) is 19.0 Å². The number of fused-ring (bicyclic) bond motifs is 1. The van der Waals surface area contributed by atoms with Crippen LogP contribution in [0.3, 0.4) is 0 Å². The van der Waals surface area contributed by atoms with Gasteiger partial charge in [-0.3, -0.25) is 0 Å². The number of alkyl halides is 3. The zero-order valence-corrected chi connectivity index (χ0v) is 13.1. The molecule has 8 heteroatoms. The first-order valence-corrected chi connectivity index (χ1v) is 7.32. The Morgan fingerprint density at radius 2 is 1.95 bits per heavy atom. The molecule has 0 radical (unpaired) electrons. The molecule has 2 aromatic heterocycles. The Balaban J connectivity index is 2.53. The number of aromatic nitrogens is 4. The third-order valence-electron chi connectivity index (χ3n) is 3.61. The summed E-state index contributed by atoms with van der Waals surface area (Å²) in [4.78, 5) is 9.56. The topological polar surface area (TPSA) is 46.3 Å². The molecule has 0 aliphatic carbocycles. The number of anilines is 1. The average molecular weight is 315 g/mol. The van der Waals surface area contributed by atoms with E-state index < -0.39 is 12.0 Å². The summed E-state index contributed by atoms with van der Waals surface area (Å²) in [6.07, 6.45) is -3.58. The summed E-state index contributed by atoms with van der Waals surface area (Å²) in [6.45, 7) is 9.31. The van der Waals surface area contributed by atoms with Gasteiger partial charge in [0.2, 0.25) is 0 Å². The molecule has 0 fully saturated rings. The van der Waals surface area contributed by atoms with E-state index in [1.165, 1.54) is 4.52 Å². The third-order valence-corrected chi connectivity index (χ3v) is 3.61. The normalized spacial score (nSPS) is 13.6. The van der Waals surface area contributed by atoms with Crippen molar-refractivity contribution in [3.63, 3.8) is 0 Å². The number of hydrogen-bond acceptors (Lipinski definition) is 4. The first-order chi connectivity index (χ1) is 10.3. The Labute approximate surface area is 127 Å². The summed E-state index contributed by atoms with van der Waals surface area (Å²) < 4.78 is 39.7. The van der Waals surface area contributed by atoms with Crippen LogP contribution in [0.25, 0.3) is 5.78 Å². The molecule has 0 aromatic carbocycles. The molecule has 0 spiro atoms. The lowest BCUT2D eigenvalue weighted by molar-refractivity contribution is -0.144. The molecule has 0 saturated carbocycles. The van der Waals surface area contributed by atoms with Crippen molar-refractivity contribution >= 4 is 11.6 Å². The van der Waals surface area contributed by atoms with Crippen molar-refractivity contribution in [3.05, 3.63) is 17.6 Å². The largest absolute Gasteiger partial charge is 0.453 e. The highest BCUT2D eigenvalue weighted by atomic mass is 19.4. The molecule has 122 valence electrons. The molecule has 22 heavy (non-hydrogen) atoms. The van der Waals surface area contributed by atoms with Gasteiger partial charge in [0.15, 0.2) is 0 Å². The maximum absolute atomic E-state index is 12.8. The number of rotatable bonds is 5. The summed E-state index contributed by atoms with van der Waals surface area (Å²) in [5.74, 6) is -0.168. The summed E-state index contributed by atoms with van der Waals surface area (Å²) in [5.41, 5.74) is 0.617. The van der Waals surface area contributed by atoms with Gasteiger partial charge in [0.1, 0.15) is 5.82 Å². The van der Waals surface area contributed by atoms with E-state index in [0.717, 1.165) is 13.0 Å². The lowest BCUT2D eigenvalue weighted by Crippen LogP contribution is -2.30. The minimum Gasteiger partial charge on any atom is -0.356 e. The van der Waals surface area contributed by atoms with Crippen LogP contribution >= 0.6 is 0 Å². The number of hydrogen-bond donors (Lipinski definition) is 0. The lowest BCUT2D eigenvalue weighted by atomic mass is 10.1. The quantitative estimate of drug-likeness (QED) is 0.849. The van der Waals surface area contributed by atoms with Crippen LogP contribution in [0.1, 0.15) is 38.7 Å². The Morgan fingerprint density at radius 1 is 1.27 bits per heavy atom. The van der Waals surface area contributed by atoms with Crippen molar-refractivity contribution in [2.75, 3.05) is 18.0 Å². The zero-order chi connectivity index (χ0) is 16.5. The molecule has 2 heterocycles. The van der Waals surface area contributed by atoms with E-state index in [1.54, 1.807) is 13.0 Å². The van der Waals surface area contributed by atoms with Crippen molar-refractivity contribution in [2.45, 2.75) is 40.3 Å². The van der Waals surface area contributed by atoms with Gasteiger partial charge in [-0.05, 0) is 19.8 Å². The number of halogens is 3. The maximum atomic E-state index is 12.8. The molecule has 1 atom stereocenters. The Kier molecular flexibility index (Phi) is 4.58. The highest BCUT2D eigenvalue weighted by molar-refractivity contribution is 5.47. The van der Waals surface area contributed by atoms with Crippen molar-refractivity contribution < 1.29 is 13.2 Å². The number of nitrogens with zero attached hydrogens (tertiary/aromatic N) is 5. The molecule has 1 unspecified atom stereocenters. The third kappa shape index (κ3) is 3.31. The molecule has 5 nitrogen and oxygen atoms in total. The zero-order valence-electron chi connectivity index (χ0n) is 13.1. The van der Waals surface area contributed by atoms with Crippen molar-refractivity contribution in [1.29, 1.82) is 0 Å². The summed E-state index contributed by atoms with van der Waals surface area (Å²) >= 11 is 0. The van der Waals surface area contributed by atoms with E-state index in [1.807, 2.05) is 11.8 Å². The molecule has 2 rings (SSSR count). The van der Waals surface area contributed by atoms with Crippen LogP contribution in [0.5, 0.6) is 0 Å². The second-order valence-electron chi connectivity index (χ2n) is 5.45. The van der Waals surface area contributed by atoms with Crippen LogP contribution in [-0.2, 0) is 6.18 Å².